The lowest BCUT2D eigenvalue weighted by molar-refractivity contribution is 0.243. The number of hydrogen-bond donors (Lipinski definition) is 1. The number of aromatic nitrogens is 2. The summed E-state index contributed by atoms with van der Waals surface area (Å²) in [6, 6.07) is 2.09. The first-order valence-electron chi connectivity index (χ1n) is 5.98. The molecule has 2 heterocycles. The first kappa shape index (κ1) is 11.5. The highest BCUT2D eigenvalue weighted by Crippen LogP contribution is 2.03. The van der Waals surface area contributed by atoms with Crippen molar-refractivity contribution in [2.75, 3.05) is 32.7 Å². The Morgan fingerprint density at radius 2 is 2.00 bits per heavy atom. The molecule has 1 aliphatic heterocycles. The third-order valence-electron chi connectivity index (χ3n) is 2.91. The van der Waals surface area contributed by atoms with Crippen molar-refractivity contribution in [3.05, 3.63) is 23.3 Å². The van der Waals surface area contributed by atoms with Crippen LogP contribution in [-0.2, 0) is 6.42 Å². The third kappa shape index (κ3) is 3.25. The summed E-state index contributed by atoms with van der Waals surface area (Å²) in [6.07, 6.45) is 1.03. The first-order chi connectivity index (χ1) is 7.74. The van der Waals surface area contributed by atoms with Gasteiger partial charge in [-0.3, -0.25) is 0 Å². The molecule has 0 atom stereocenters. The summed E-state index contributed by atoms with van der Waals surface area (Å²) in [7, 11) is 0. The molecule has 0 bridgehead atoms. The van der Waals surface area contributed by atoms with Gasteiger partial charge in [-0.15, -0.1) is 0 Å². The molecule has 0 saturated carbocycles. The van der Waals surface area contributed by atoms with Crippen molar-refractivity contribution in [3.8, 4) is 0 Å². The number of rotatable bonds is 3. The Hall–Kier alpha value is -1.00. The van der Waals surface area contributed by atoms with E-state index in [0.29, 0.717) is 0 Å². The molecule has 0 amide bonds. The Balaban J connectivity index is 1.88. The van der Waals surface area contributed by atoms with Crippen LogP contribution in [0.2, 0.25) is 0 Å². The molecule has 4 nitrogen and oxygen atoms in total. The zero-order chi connectivity index (χ0) is 11.4. The molecule has 0 aliphatic carbocycles. The molecule has 0 unspecified atom stereocenters. The van der Waals surface area contributed by atoms with Gasteiger partial charge in [-0.2, -0.15) is 0 Å². The fourth-order valence-electron chi connectivity index (χ4n) is 2.13. The Morgan fingerprint density at radius 3 is 2.69 bits per heavy atom. The van der Waals surface area contributed by atoms with Gasteiger partial charge in [-0.1, -0.05) is 0 Å². The summed E-state index contributed by atoms with van der Waals surface area (Å²) in [5, 5.41) is 3.36. The number of aryl methyl sites for hydroxylation is 2. The quantitative estimate of drug-likeness (QED) is 0.807. The molecule has 4 heteroatoms. The largest absolute Gasteiger partial charge is 0.314 e. The first-order valence-corrected chi connectivity index (χ1v) is 5.98. The van der Waals surface area contributed by atoms with Gasteiger partial charge in [-0.25, -0.2) is 9.97 Å². The van der Waals surface area contributed by atoms with Gasteiger partial charge < -0.3 is 10.2 Å². The molecule has 1 fully saturated rings. The summed E-state index contributed by atoms with van der Waals surface area (Å²) < 4.78 is 0. The van der Waals surface area contributed by atoms with Gasteiger partial charge in [0.2, 0.25) is 0 Å². The van der Waals surface area contributed by atoms with Crippen LogP contribution in [0.4, 0.5) is 0 Å². The predicted molar refractivity (Wildman–Crippen MR) is 64.5 cm³/mol. The molecule has 1 aromatic heterocycles. The van der Waals surface area contributed by atoms with E-state index in [0.717, 1.165) is 50.7 Å². The maximum absolute atomic E-state index is 4.47. The van der Waals surface area contributed by atoms with E-state index in [1.54, 1.807) is 0 Å². The summed E-state index contributed by atoms with van der Waals surface area (Å²) in [4.78, 5) is 11.2. The Labute approximate surface area is 97.1 Å². The van der Waals surface area contributed by atoms with Crippen LogP contribution in [0, 0.1) is 13.8 Å². The molecule has 1 saturated heterocycles. The lowest BCUT2D eigenvalue weighted by atomic mass is 10.2. The van der Waals surface area contributed by atoms with Crippen molar-refractivity contribution >= 4 is 0 Å². The van der Waals surface area contributed by atoms with Gasteiger partial charge in [0.1, 0.15) is 5.82 Å². The van der Waals surface area contributed by atoms with Crippen molar-refractivity contribution in [2.24, 2.45) is 0 Å². The normalized spacial score (nSPS) is 17.6. The van der Waals surface area contributed by atoms with Gasteiger partial charge in [0, 0.05) is 50.5 Å². The van der Waals surface area contributed by atoms with Crippen LogP contribution >= 0.6 is 0 Å². The highest BCUT2D eigenvalue weighted by atomic mass is 15.2. The summed E-state index contributed by atoms with van der Waals surface area (Å²) in [5.41, 5.74) is 2.24. The van der Waals surface area contributed by atoms with E-state index in [1.807, 2.05) is 13.8 Å². The van der Waals surface area contributed by atoms with E-state index in [1.165, 1.54) is 5.69 Å². The predicted octanol–water partition coefficient (Wildman–Crippen LogP) is 0.541. The fourth-order valence-corrected chi connectivity index (χ4v) is 2.13. The molecule has 0 aromatic carbocycles. The van der Waals surface area contributed by atoms with Crippen LogP contribution in [0.3, 0.4) is 0 Å². The molecular weight excluding hydrogens is 200 g/mol. The SMILES string of the molecule is Cc1cc(CCN2CCNCC2)nc(C)n1. The second-order valence-electron chi connectivity index (χ2n) is 4.39. The summed E-state index contributed by atoms with van der Waals surface area (Å²) >= 11 is 0. The van der Waals surface area contributed by atoms with Crippen LogP contribution in [-0.4, -0.2) is 47.6 Å². The number of piperazine rings is 1. The van der Waals surface area contributed by atoms with Crippen LogP contribution in [0.15, 0.2) is 6.07 Å². The van der Waals surface area contributed by atoms with Crippen molar-refractivity contribution in [1.29, 1.82) is 0 Å². The second kappa shape index (κ2) is 5.37. The van der Waals surface area contributed by atoms with Gasteiger partial charge >= 0.3 is 0 Å². The fraction of sp³-hybridized carbons (Fsp3) is 0.667. The van der Waals surface area contributed by atoms with Crippen molar-refractivity contribution in [2.45, 2.75) is 20.3 Å². The molecular formula is C12H20N4. The molecule has 1 N–H and O–H groups in total. The van der Waals surface area contributed by atoms with E-state index < -0.39 is 0 Å². The van der Waals surface area contributed by atoms with Crippen LogP contribution in [0.25, 0.3) is 0 Å². The van der Waals surface area contributed by atoms with Gasteiger partial charge in [-0.05, 0) is 19.9 Å². The summed E-state index contributed by atoms with van der Waals surface area (Å²) in [6.45, 7) is 9.64. The maximum Gasteiger partial charge on any atom is 0.125 e. The minimum Gasteiger partial charge on any atom is -0.314 e. The lowest BCUT2D eigenvalue weighted by Gasteiger charge is -2.26. The molecule has 1 aliphatic rings. The third-order valence-corrected chi connectivity index (χ3v) is 2.91. The van der Waals surface area contributed by atoms with Gasteiger partial charge in [0.05, 0.1) is 0 Å². The van der Waals surface area contributed by atoms with Crippen molar-refractivity contribution in [1.82, 2.24) is 20.2 Å². The zero-order valence-corrected chi connectivity index (χ0v) is 10.2. The average Bonchev–Trinajstić information content (AvgIpc) is 2.27. The average molecular weight is 220 g/mol. The highest BCUT2D eigenvalue weighted by Gasteiger charge is 2.09. The van der Waals surface area contributed by atoms with E-state index >= 15 is 0 Å². The number of nitrogens with one attached hydrogen (secondary N) is 1. The van der Waals surface area contributed by atoms with E-state index in [9.17, 15) is 0 Å². The molecule has 1 aromatic rings. The molecule has 16 heavy (non-hydrogen) atoms. The standard InChI is InChI=1S/C12H20N4/c1-10-9-12(15-11(2)14-10)3-6-16-7-4-13-5-8-16/h9,13H,3-8H2,1-2H3. The summed E-state index contributed by atoms with van der Waals surface area (Å²) in [5.74, 6) is 0.885. The number of hydrogen-bond acceptors (Lipinski definition) is 4. The topological polar surface area (TPSA) is 41.0 Å². The second-order valence-corrected chi connectivity index (χ2v) is 4.39. The zero-order valence-electron chi connectivity index (χ0n) is 10.2. The Kier molecular flexibility index (Phi) is 3.85. The van der Waals surface area contributed by atoms with E-state index in [2.05, 4.69) is 26.3 Å². The minimum absolute atomic E-state index is 0.885. The minimum atomic E-state index is 0.885. The van der Waals surface area contributed by atoms with E-state index in [-0.39, 0.29) is 0 Å². The van der Waals surface area contributed by atoms with E-state index in [4.69, 9.17) is 0 Å². The molecule has 0 radical (unpaired) electrons. The Bertz CT molecular complexity index is 325. The monoisotopic (exact) mass is 220 g/mol. The van der Waals surface area contributed by atoms with Gasteiger partial charge in [0.25, 0.3) is 0 Å². The maximum atomic E-state index is 4.47. The van der Waals surface area contributed by atoms with Crippen molar-refractivity contribution < 1.29 is 0 Å². The van der Waals surface area contributed by atoms with Crippen molar-refractivity contribution in [3.63, 3.8) is 0 Å². The smallest absolute Gasteiger partial charge is 0.125 e. The lowest BCUT2D eigenvalue weighted by Crippen LogP contribution is -2.44. The highest BCUT2D eigenvalue weighted by molar-refractivity contribution is 5.09. The molecule has 88 valence electrons. The van der Waals surface area contributed by atoms with Crippen LogP contribution in [0.1, 0.15) is 17.2 Å². The molecule has 2 rings (SSSR count). The van der Waals surface area contributed by atoms with Gasteiger partial charge in [0.15, 0.2) is 0 Å². The van der Waals surface area contributed by atoms with Crippen LogP contribution in [0.5, 0.6) is 0 Å². The Morgan fingerprint density at radius 1 is 1.25 bits per heavy atom. The number of nitrogens with zero attached hydrogens (tertiary/aromatic N) is 3. The molecule has 0 spiro atoms. The van der Waals surface area contributed by atoms with Crippen LogP contribution < -0.4 is 5.32 Å².